The summed E-state index contributed by atoms with van der Waals surface area (Å²) in [6.07, 6.45) is 2.23. The number of benzene rings is 1. The van der Waals surface area contributed by atoms with Gasteiger partial charge >= 0.3 is 0 Å². The average Bonchev–Trinajstić information content (AvgIpc) is 2.47. The molecular formula is C16H19N3O2. The van der Waals surface area contributed by atoms with Crippen molar-refractivity contribution in [1.82, 2.24) is 5.32 Å². The first kappa shape index (κ1) is 15.0. The Kier molecular flexibility index (Phi) is 4.94. The maximum absolute atomic E-state index is 11.9. The van der Waals surface area contributed by atoms with Crippen LogP contribution in [0.15, 0.2) is 18.2 Å². The second-order valence-corrected chi connectivity index (χ2v) is 5.18. The summed E-state index contributed by atoms with van der Waals surface area (Å²) in [6.45, 7) is 3.07. The second-order valence-electron chi connectivity index (χ2n) is 5.18. The number of carbonyl (C=O) groups excluding carboxylic acids is 2. The van der Waals surface area contributed by atoms with Gasteiger partial charge in [-0.2, -0.15) is 5.26 Å². The van der Waals surface area contributed by atoms with Crippen molar-refractivity contribution in [2.45, 2.75) is 26.2 Å². The molecule has 5 heteroatoms. The smallest absolute Gasteiger partial charge is 0.239 e. The highest BCUT2D eigenvalue weighted by atomic mass is 16.2. The quantitative estimate of drug-likeness (QED) is 0.660. The van der Waals surface area contributed by atoms with Gasteiger partial charge in [-0.1, -0.05) is 0 Å². The molecule has 1 heterocycles. The average molecular weight is 285 g/mol. The van der Waals surface area contributed by atoms with Crippen molar-refractivity contribution in [2.75, 3.05) is 24.5 Å². The Hall–Kier alpha value is -2.35. The van der Waals surface area contributed by atoms with Gasteiger partial charge in [-0.3, -0.25) is 9.59 Å². The van der Waals surface area contributed by atoms with E-state index in [4.69, 9.17) is 5.26 Å². The lowest BCUT2D eigenvalue weighted by Gasteiger charge is -2.31. The SMILES string of the molecule is CC(=O)c1ccc2c(c1)CCCN2CC(=O)NCCC#N. The number of aryl methyl sites for hydroxylation is 1. The van der Waals surface area contributed by atoms with E-state index in [9.17, 15) is 9.59 Å². The summed E-state index contributed by atoms with van der Waals surface area (Å²) < 4.78 is 0. The number of hydrogen-bond donors (Lipinski definition) is 1. The summed E-state index contributed by atoms with van der Waals surface area (Å²) >= 11 is 0. The van der Waals surface area contributed by atoms with Crippen LogP contribution in [0.2, 0.25) is 0 Å². The van der Waals surface area contributed by atoms with Gasteiger partial charge in [0.05, 0.1) is 19.0 Å². The van der Waals surface area contributed by atoms with Gasteiger partial charge < -0.3 is 10.2 Å². The lowest BCUT2D eigenvalue weighted by Crippen LogP contribution is -2.40. The predicted octanol–water partition coefficient (Wildman–Crippen LogP) is 1.67. The molecule has 2 rings (SSSR count). The van der Waals surface area contributed by atoms with E-state index in [1.54, 1.807) is 6.92 Å². The fourth-order valence-electron chi connectivity index (χ4n) is 2.55. The Morgan fingerprint density at radius 3 is 2.95 bits per heavy atom. The summed E-state index contributed by atoms with van der Waals surface area (Å²) in [4.78, 5) is 25.3. The summed E-state index contributed by atoms with van der Waals surface area (Å²) in [5.74, 6) is -0.0158. The molecule has 0 spiro atoms. The Morgan fingerprint density at radius 1 is 1.43 bits per heavy atom. The molecule has 0 radical (unpaired) electrons. The van der Waals surface area contributed by atoms with Crippen molar-refractivity contribution >= 4 is 17.4 Å². The number of ketones is 1. The zero-order valence-electron chi connectivity index (χ0n) is 12.2. The number of nitrogens with one attached hydrogen (secondary N) is 1. The molecule has 0 unspecified atom stereocenters. The number of nitrogens with zero attached hydrogens (tertiary/aromatic N) is 2. The number of fused-ring (bicyclic) bond motifs is 1. The van der Waals surface area contributed by atoms with Crippen LogP contribution < -0.4 is 10.2 Å². The normalized spacial score (nSPS) is 13.2. The van der Waals surface area contributed by atoms with E-state index in [1.165, 1.54) is 0 Å². The van der Waals surface area contributed by atoms with Gasteiger partial charge in [0.15, 0.2) is 5.78 Å². The molecule has 5 nitrogen and oxygen atoms in total. The molecule has 0 fully saturated rings. The van der Waals surface area contributed by atoms with Crippen molar-refractivity contribution in [2.24, 2.45) is 0 Å². The van der Waals surface area contributed by atoms with Crippen molar-refractivity contribution in [1.29, 1.82) is 5.26 Å². The van der Waals surface area contributed by atoms with Gasteiger partial charge in [-0.05, 0) is 43.5 Å². The van der Waals surface area contributed by atoms with Crippen LogP contribution in [0.25, 0.3) is 0 Å². The van der Waals surface area contributed by atoms with E-state index >= 15 is 0 Å². The molecule has 1 aliphatic rings. The van der Waals surface area contributed by atoms with Gasteiger partial charge in [-0.15, -0.1) is 0 Å². The first-order valence-electron chi connectivity index (χ1n) is 7.14. The number of hydrogen-bond acceptors (Lipinski definition) is 4. The minimum Gasteiger partial charge on any atom is -0.362 e. The Balaban J connectivity index is 2.06. The second kappa shape index (κ2) is 6.89. The molecular weight excluding hydrogens is 266 g/mol. The zero-order valence-corrected chi connectivity index (χ0v) is 12.2. The highest BCUT2D eigenvalue weighted by molar-refractivity contribution is 5.95. The topological polar surface area (TPSA) is 73.2 Å². The standard InChI is InChI=1S/C16H19N3O2/c1-12(20)13-5-6-15-14(10-13)4-2-9-19(15)11-16(21)18-8-3-7-17/h5-6,10H,2-4,8-9,11H2,1H3,(H,18,21). The summed E-state index contributed by atoms with van der Waals surface area (Å²) in [5.41, 5.74) is 2.87. The summed E-state index contributed by atoms with van der Waals surface area (Å²) in [7, 11) is 0. The van der Waals surface area contributed by atoms with E-state index in [0.717, 1.165) is 30.6 Å². The number of anilines is 1. The molecule has 1 aromatic carbocycles. The van der Waals surface area contributed by atoms with Gasteiger partial charge in [-0.25, -0.2) is 0 Å². The Morgan fingerprint density at radius 2 is 2.24 bits per heavy atom. The summed E-state index contributed by atoms with van der Waals surface area (Å²) in [6, 6.07) is 7.66. The van der Waals surface area contributed by atoms with Gasteiger partial charge in [0.1, 0.15) is 0 Å². The molecule has 0 atom stereocenters. The van der Waals surface area contributed by atoms with Crippen LogP contribution in [-0.4, -0.2) is 31.3 Å². The first-order chi connectivity index (χ1) is 10.1. The summed E-state index contributed by atoms with van der Waals surface area (Å²) in [5, 5.41) is 11.2. The van der Waals surface area contributed by atoms with E-state index in [-0.39, 0.29) is 18.2 Å². The van der Waals surface area contributed by atoms with E-state index in [1.807, 2.05) is 29.2 Å². The third-order valence-electron chi connectivity index (χ3n) is 3.59. The van der Waals surface area contributed by atoms with Crippen molar-refractivity contribution in [3.63, 3.8) is 0 Å². The van der Waals surface area contributed by atoms with Crippen LogP contribution >= 0.6 is 0 Å². The third kappa shape index (κ3) is 3.82. The van der Waals surface area contributed by atoms with Crippen molar-refractivity contribution < 1.29 is 9.59 Å². The van der Waals surface area contributed by atoms with E-state index < -0.39 is 0 Å². The number of amides is 1. The lowest BCUT2D eigenvalue weighted by atomic mass is 9.98. The highest BCUT2D eigenvalue weighted by Crippen LogP contribution is 2.27. The van der Waals surface area contributed by atoms with E-state index in [2.05, 4.69) is 5.32 Å². The minimum absolute atomic E-state index is 0.0594. The van der Waals surface area contributed by atoms with Crippen LogP contribution in [0, 0.1) is 11.3 Å². The molecule has 0 saturated carbocycles. The number of nitriles is 1. The van der Waals surface area contributed by atoms with Crippen molar-refractivity contribution in [3.8, 4) is 6.07 Å². The minimum atomic E-state index is -0.0752. The fraction of sp³-hybridized carbons (Fsp3) is 0.438. The predicted molar refractivity (Wildman–Crippen MR) is 80.2 cm³/mol. The third-order valence-corrected chi connectivity index (χ3v) is 3.59. The molecule has 0 bridgehead atoms. The van der Waals surface area contributed by atoms with Crippen LogP contribution in [0.4, 0.5) is 5.69 Å². The van der Waals surface area contributed by atoms with Crippen LogP contribution in [0.1, 0.15) is 35.7 Å². The van der Waals surface area contributed by atoms with Gasteiger partial charge in [0.2, 0.25) is 5.91 Å². The first-order valence-corrected chi connectivity index (χ1v) is 7.14. The molecule has 0 saturated heterocycles. The van der Waals surface area contributed by atoms with Crippen molar-refractivity contribution in [3.05, 3.63) is 29.3 Å². The van der Waals surface area contributed by atoms with Crippen LogP contribution in [-0.2, 0) is 11.2 Å². The zero-order chi connectivity index (χ0) is 15.2. The molecule has 1 aromatic rings. The fourth-order valence-corrected chi connectivity index (χ4v) is 2.55. The number of carbonyl (C=O) groups is 2. The molecule has 1 N–H and O–H groups in total. The molecule has 0 aliphatic carbocycles. The van der Waals surface area contributed by atoms with Gasteiger partial charge in [0, 0.05) is 24.3 Å². The lowest BCUT2D eigenvalue weighted by molar-refractivity contribution is -0.119. The highest BCUT2D eigenvalue weighted by Gasteiger charge is 2.19. The van der Waals surface area contributed by atoms with Crippen LogP contribution in [0.5, 0.6) is 0 Å². The van der Waals surface area contributed by atoms with E-state index in [0.29, 0.717) is 18.5 Å². The molecule has 1 amide bonds. The largest absolute Gasteiger partial charge is 0.362 e. The van der Waals surface area contributed by atoms with Gasteiger partial charge in [0.25, 0.3) is 0 Å². The maximum Gasteiger partial charge on any atom is 0.239 e. The Labute approximate surface area is 124 Å². The number of Topliss-reactive ketones (excluding diaryl/α,β-unsaturated/α-hetero) is 1. The molecule has 0 aromatic heterocycles. The number of rotatable bonds is 5. The molecule has 21 heavy (non-hydrogen) atoms. The van der Waals surface area contributed by atoms with Crippen LogP contribution in [0.3, 0.4) is 0 Å². The monoisotopic (exact) mass is 285 g/mol. The Bertz CT molecular complexity index is 590. The molecule has 1 aliphatic heterocycles. The molecule has 110 valence electrons. The maximum atomic E-state index is 11.9.